The molecule has 1 aliphatic rings. The highest BCUT2D eigenvalue weighted by molar-refractivity contribution is 7.89. The van der Waals surface area contributed by atoms with Crippen molar-refractivity contribution in [1.29, 1.82) is 0 Å². The third-order valence-corrected chi connectivity index (χ3v) is 6.99. The van der Waals surface area contributed by atoms with Gasteiger partial charge in [-0.25, -0.2) is 8.42 Å². The topological polar surface area (TPSA) is 70.1 Å². The van der Waals surface area contributed by atoms with E-state index in [1.807, 2.05) is 31.2 Å². The van der Waals surface area contributed by atoms with Crippen molar-refractivity contribution in [2.45, 2.75) is 17.9 Å². The first-order valence-corrected chi connectivity index (χ1v) is 10.5. The zero-order chi connectivity index (χ0) is 19.8. The van der Waals surface area contributed by atoms with Crippen molar-refractivity contribution in [2.75, 3.05) is 31.6 Å². The van der Waals surface area contributed by atoms with Crippen molar-refractivity contribution in [3.8, 4) is 11.5 Å². The van der Waals surface area contributed by atoms with E-state index in [0.717, 1.165) is 11.4 Å². The minimum atomic E-state index is -3.92. The Hall–Kier alpha value is -1.67. The van der Waals surface area contributed by atoms with Gasteiger partial charge in [-0.05, 0) is 43.3 Å². The minimum absolute atomic E-state index is 0.0567. The summed E-state index contributed by atoms with van der Waals surface area (Å²) in [7, 11) is -2.31. The largest absolute Gasteiger partial charge is 0.505 e. The second-order valence-corrected chi connectivity index (χ2v) is 9.09. The Morgan fingerprint density at radius 2 is 1.81 bits per heavy atom. The second-order valence-electron chi connectivity index (χ2n) is 6.34. The van der Waals surface area contributed by atoms with Crippen LogP contribution in [-0.4, -0.2) is 50.6 Å². The molecular weight excluding hydrogens is 411 g/mol. The zero-order valence-electron chi connectivity index (χ0n) is 14.9. The molecule has 0 spiro atoms. The smallest absolute Gasteiger partial charge is 0.246 e. The van der Waals surface area contributed by atoms with Crippen LogP contribution in [0.1, 0.15) is 6.92 Å². The Labute approximate surface area is 168 Å². The number of methoxy groups -OCH3 is 1. The fourth-order valence-electron chi connectivity index (χ4n) is 3.18. The van der Waals surface area contributed by atoms with Gasteiger partial charge in [-0.2, -0.15) is 4.31 Å². The number of piperazine rings is 1. The summed E-state index contributed by atoms with van der Waals surface area (Å²) in [4.78, 5) is 1.86. The lowest BCUT2D eigenvalue weighted by molar-refractivity contribution is 0.340. The minimum Gasteiger partial charge on any atom is -0.505 e. The van der Waals surface area contributed by atoms with Crippen LogP contribution in [0, 0.1) is 0 Å². The Balaban J connectivity index is 1.82. The van der Waals surface area contributed by atoms with E-state index in [1.165, 1.54) is 16.4 Å². The van der Waals surface area contributed by atoms with Gasteiger partial charge in [-0.3, -0.25) is 0 Å². The highest BCUT2D eigenvalue weighted by atomic mass is 35.5. The second kappa shape index (κ2) is 7.75. The number of phenolic OH excluding ortho intramolecular Hbond substituents is 1. The first-order chi connectivity index (χ1) is 12.7. The highest BCUT2D eigenvalue weighted by Gasteiger charge is 2.34. The molecule has 0 aliphatic carbocycles. The van der Waals surface area contributed by atoms with Gasteiger partial charge in [0, 0.05) is 36.4 Å². The monoisotopic (exact) mass is 430 g/mol. The number of anilines is 1. The number of sulfonamides is 1. The Morgan fingerprint density at radius 1 is 1.15 bits per heavy atom. The number of rotatable bonds is 4. The average molecular weight is 431 g/mol. The number of nitrogens with zero attached hydrogens (tertiary/aromatic N) is 2. The van der Waals surface area contributed by atoms with E-state index in [1.54, 1.807) is 7.11 Å². The van der Waals surface area contributed by atoms with Crippen molar-refractivity contribution in [1.82, 2.24) is 4.31 Å². The zero-order valence-corrected chi connectivity index (χ0v) is 17.2. The van der Waals surface area contributed by atoms with Crippen LogP contribution < -0.4 is 9.64 Å². The third-order valence-electron chi connectivity index (χ3n) is 4.61. The normalized spacial score (nSPS) is 18.5. The molecule has 0 bridgehead atoms. The standard InChI is InChI=1S/C18H20Cl2N2O4S/c1-12-11-21(7-8-22(12)14-3-5-15(26-2)6-4-14)27(24,25)17-10-13(19)9-16(20)18(17)23/h3-6,9-10,12,23H,7-8,11H2,1-2H3. The number of hydrogen-bond acceptors (Lipinski definition) is 5. The van der Waals surface area contributed by atoms with Crippen LogP contribution in [0.3, 0.4) is 0 Å². The fourth-order valence-corrected chi connectivity index (χ4v) is 5.43. The number of ether oxygens (including phenoxy) is 1. The molecule has 1 saturated heterocycles. The van der Waals surface area contributed by atoms with Crippen LogP contribution >= 0.6 is 23.2 Å². The van der Waals surface area contributed by atoms with Gasteiger partial charge in [0.2, 0.25) is 10.0 Å². The number of benzene rings is 2. The van der Waals surface area contributed by atoms with Gasteiger partial charge in [0.1, 0.15) is 10.6 Å². The Kier molecular flexibility index (Phi) is 5.76. The molecule has 1 N–H and O–H groups in total. The summed E-state index contributed by atoms with van der Waals surface area (Å²) in [6.45, 7) is 3.03. The van der Waals surface area contributed by atoms with E-state index in [9.17, 15) is 13.5 Å². The lowest BCUT2D eigenvalue weighted by Crippen LogP contribution is -2.53. The predicted octanol–water partition coefficient (Wildman–Crippen LogP) is 3.61. The van der Waals surface area contributed by atoms with E-state index < -0.39 is 15.8 Å². The molecule has 1 heterocycles. The number of phenols is 1. The number of hydrogen-bond donors (Lipinski definition) is 1. The summed E-state index contributed by atoms with van der Waals surface area (Å²) in [5.74, 6) is 0.284. The molecule has 0 radical (unpaired) electrons. The molecule has 0 saturated carbocycles. The highest BCUT2D eigenvalue weighted by Crippen LogP contribution is 2.36. The van der Waals surface area contributed by atoms with Crippen molar-refractivity contribution in [2.24, 2.45) is 0 Å². The lowest BCUT2D eigenvalue weighted by atomic mass is 10.2. The summed E-state index contributed by atoms with van der Waals surface area (Å²) in [6.07, 6.45) is 0. The van der Waals surface area contributed by atoms with Crippen molar-refractivity contribution in [3.05, 3.63) is 46.4 Å². The number of halogens is 2. The Bertz CT molecular complexity index is 935. The summed E-state index contributed by atoms with van der Waals surface area (Å²) < 4.78 is 32.5. The van der Waals surface area contributed by atoms with Crippen molar-refractivity contribution >= 4 is 38.9 Å². The summed E-state index contributed by atoms with van der Waals surface area (Å²) in [5, 5.41) is 10.2. The molecule has 146 valence electrons. The van der Waals surface area contributed by atoms with Gasteiger partial charge in [0.25, 0.3) is 0 Å². The molecule has 1 aliphatic heterocycles. The van der Waals surface area contributed by atoms with Gasteiger partial charge in [0.15, 0.2) is 5.75 Å². The van der Waals surface area contributed by atoms with Crippen molar-refractivity contribution < 1.29 is 18.3 Å². The summed E-state index contributed by atoms with van der Waals surface area (Å²) >= 11 is 11.8. The van der Waals surface area contributed by atoms with E-state index in [2.05, 4.69) is 4.90 Å². The maximum atomic E-state index is 13.0. The first-order valence-electron chi connectivity index (χ1n) is 8.33. The molecule has 2 aromatic carbocycles. The maximum Gasteiger partial charge on any atom is 0.246 e. The third kappa shape index (κ3) is 3.96. The Morgan fingerprint density at radius 3 is 2.41 bits per heavy atom. The van der Waals surface area contributed by atoms with Gasteiger partial charge in [0.05, 0.1) is 12.1 Å². The van der Waals surface area contributed by atoms with Crippen LogP contribution in [0.15, 0.2) is 41.3 Å². The molecule has 1 atom stereocenters. The molecular formula is C18H20Cl2N2O4S. The fraction of sp³-hybridized carbons (Fsp3) is 0.333. The average Bonchev–Trinajstić information content (AvgIpc) is 2.64. The van der Waals surface area contributed by atoms with Gasteiger partial charge in [-0.1, -0.05) is 23.2 Å². The van der Waals surface area contributed by atoms with E-state index in [4.69, 9.17) is 27.9 Å². The predicted molar refractivity (Wildman–Crippen MR) is 107 cm³/mol. The first kappa shape index (κ1) is 20.1. The molecule has 9 heteroatoms. The van der Waals surface area contributed by atoms with Crippen LogP contribution in [0.5, 0.6) is 11.5 Å². The van der Waals surface area contributed by atoms with Crippen LogP contribution in [0.4, 0.5) is 5.69 Å². The van der Waals surface area contributed by atoms with Crippen LogP contribution in [-0.2, 0) is 10.0 Å². The number of aromatic hydroxyl groups is 1. The molecule has 1 fully saturated rings. The summed E-state index contributed by atoms with van der Waals surface area (Å²) in [6, 6.07) is 10.1. The van der Waals surface area contributed by atoms with E-state index >= 15 is 0 Å². The van der Waals surface area contributed by atoms with Gasteiger partial charge >= 0.3 is 0 Å². The molecule has 6 nitrogen and oxygen atoms in total. The van der Waals surface area contributed by atoms with E-state index in [0.29, 0.717) is 6.54 Å². The van der Waals surface area contributed by atoms with Crippen LogP contribution in [0.2, 0.25) is 10.0 Å². The quantitative estimate of drug-likeness (QED) is 0.801. The van der Waals surface area contributed by atoms with E-state index in [-0.39, 0.29) is 34.1 Å². The molecule has 0 aromatic heterocycles. The molecule has 0 amide bonds. The van der Waals surface area contributed by atoms with Crippen molar-refractivity contribution in [3.63, 3.8) is 0 Å². The summed E-state index contributed by atoms with van der Waals surface area (Å²) in [5.41, 5.74) is 0.994. The SMILES string of the molecule is COc1ccc(N2CCN(S(=O)(=O)c3cc(Cl)cc(Cl)c3O)CC2C)cc1. The molecule has 27 heavy (non-hydrogen) atoms. The van der Waals surface area contributed by atoms with Gasteiger partial charge < -0.3 is 14.7 Å². The molecule has 2 aromatic rings. The van der Waals surface area contributed by atoms with Gasteiger partial charge in [-0.15, -0.1) is 0 Å². The molecule has 1 unspecified atom stereocenters. The lowest BCUT2D eigenvalue weighted by Gasteiger charge is -2.40. The molecule has 3 rings (SSSR count). The maximum absolute atomic E-state index is 13.0. The van der Waals surface area contributed by atoms with Crippen LogP contribution in [0.25, 0.3) is 0 Å².